The van der Waals surface area contributed by atoms with Crippen molar-refractivity contribution in [3.8, 4) is 0 Å². The Kier molecular flexibility index (Phi) is 3.22. The van der Waals surface area contributed by atoms with Crippen molar-refractivity contribution in [2.75, 3.05) is 11.1 Å². The second-order valence-corrected chi connectivity index (χ2v) is 4.22. The number of thiophene rings is 1. The largest absolute Gasteiger partial charge is 0.397 e. The van der Waals surface area contributed by atoms with E-state index in [9.17, 15) is 4.79 Å². The van der Waals surface area contributed by atoms with E-state index in [2.05, 4.69) is 5.32 Å². The third kappa shape index (κ3) is 2.61. The SMILES string of the molecule is Nc1ccccc1NC(=O)Cc1ccsc1. The summed E-state index contributed by atoms with van der Waals surface area (Å²) in [7, 11) is 0. The zero-order valence-corrected chi connectivity index (χ0v) is 9.46. The molecule has 82 valence electrons. The molecule has 0 saturated carbocycles. The maximum absolute atomic E-state index is 11.7. The van der Waals surface area contributed by atoms with E-state index in [0.717, 1.165) is 5.56 Å². The number of benzene rings is 1. The third-order valence-corrected chi connectivity index (χ3v) is 2.91. The molecule has 0 fully saturated rings. The second-order valence-electron chi connectivity index (χ2n) is 3.44. The molecule has 0 radical (unpaired) electrons. The highest BCUT2D eigenvalue weighted by Crippen LogP contribution is 2.17. The Bertz CT molecular complexity index is 480. The lowest BCUT2D eigenvalue weighted by molar-refractivity contribution is -0.115. The fraction of sp³-hybridized carbons (Fsp3) is 0.0833. The second kappa shape index (κ2) is 4.81. The molecule has 4 heteroatoms. The van der Waals surface area contributed by atoms with Gasteiger partial charge < -0.3 is 11.1 Å². The fourth-order valence-corrected chi connectivity index (χ4v) is 2.05. The lowest BCUT2D eigenvalue weighted by Gasteiger charge is -2.06. The number of carbonyl (C=O) groups excluding carboxylic acids is 1. The van der Waals surface area contributed by atoms with Crippen molar-refractivity contribution >= 4 is 28.6 Å². The van der Waals surface area contributed by atoms with E-state index in [1.54, 1.807) is 23.5 Å². The van der Waals surface area contributed by atoms with Crippen LogP contribution in [0.15, 0.2) is 41.1 Å². The minimum absolute atomic E-state index is 0.0451. The molecule has 0 aliphatic rings. The fourth-order valence-electron chi connectivity index (χ4n) is 1.38. The lowest BCUT2D eigenvalue weighted by atomic mass is 10.2. The molecule has 1 amide bonds. The molecule has 16 heavy (non-hydrogen) atoms. The van der Waals surface area contributed by atoms with Crippen LogP contribution in [0.3, 0.4) is 0 Å². The molecule has 3 nitrogen and oxygen atoms in total. The highest BCUT2D eigenvalue weighted by Gasteiger charge is 2.05. The van der Waals surface area contributed by atoms with Gasteiger partial charge in [-0.25, -0.2) is 0 Å². The number of anilines is 2. The Morgan fingerprint density at radius 3 is 2.81 bits per heavy atom. The number of nitrogen functional groups attached to an aromatic ring is 1. The van der Waals surface area contributed by atoms with E-state index in [1.807, 2.05) is 29.0 Å². The summed E-state index contributed by atoms with van der Waals surface area (Å²) in [6.45, 7) is 0. The molecule has 0 unspecified atom stereocenters. The average Bonchev–Trinajstić information content (AvgIpc) is 2.74. The summed E-state index contributed by atoms with van der Waals surface area (Å²) >= 11 is 1.59. The quantitative estimate of drug-likeness (QED) is 0.799. The number of hydrogen-bond acceptors (Lipinski definition) is 3. The monoisotopic (exact) mass is 232 g/mol. The molecule has 3 N–H and O–H groups in total. The summed E-state index contributed by atoms with van der Waals surface area (Å²) < 4.78 is 0. The molecule has 0 spiro atoms. The highest BCUT2D eigenvalue weighted by molar-refractivity contribution is 7.08. The molecule has 0 atom stereocenters. The molecule has 1 aromatic carbocycles. The van der Waals surface area contributed by atoms with Crippen LogP contribution in [0.2, 0.25) is 0 Å². The minimum Gasteiger partial charge on any atom is -0.397 e. The summed E-state index contributed by atoms with van der Waals surface area (Å²) in [6, 6.07) is 9.18. The molecule has 2 aromatic rings. The van der Waals surface area contributed by atoms with Gasteiger partial charge in [0.1, 0.15) is 0 Å². The third-order valence-electron chi connectivity index (χ3n) is 2.18. The molecule has 1 aromatic heterocycles. The summed E-state index contributed by atoms with van der Waals surface area (Å²) in [5.74, 6) is -0.0451. The van der Waals surface area contributed by atoms with Crippen molar-refractivity contribution < 1.29 is 4.79 Å². The molecular weight excluding hydrogens is 220 g/mol. The molecule has 0 bridgehead atoms. The molecule has 2 rings (SSSR count). The van der Waals surface area contributed by atoms with Crippen molar-refractivity contribution in [2.45, 2.75) is 6.42 Å². The van der Waals surface area contributed by atoms with E-state index in [-0.39, 0.29) is 5.91 Å². The van der Waals surface area contributed by atoms with Crippen LogP contribution < -0.4 is 11.1 Å². The van der Waals surface area contributed by atoms with Crippen molar-refractivity contribution in [3.63, 3.8) is 0 Å². The Labute approximate surface area is 97.9 Å². The van der Waals surface area contributed by atoms with Crippen LogP contribution in [0.5, 0.6) is 0 Å². The van der Waals surface area contributed by atoms with Gasteiger partial charge in [0.25, 0.3) is 0 Å². The number of nitrogens with two attached hydrogens (primary N) is 1. The first-order chi connectivity index (χ1) is 7.75. The number of para-hydroxylation sites is 2. The Morgan fingerprint density at radius 2 is 2.12 bits per heavy atom. The van der Waals surface area contributed by atoms with Gasteiger partial charge in [0.2, 0.25) is 5.91 Å². The van der Waals surface area contributed by atoms with Crippen LogP contribution in [0.25, 0.3) is 0 Å². The van der Waals surface area contributed by atoms with Gasteiger partial charge in [0.05, 0.1) is 17.8 Å². The van der Waals surface area contributed by atoms with Crippen molar-refractivity contribution in [1.29, 1.82) is 0 Å². The zero-order valence-electron chi connectivity index (χ0n) is 8.64. The van der Waals surface area contributed by atoms with Crippen LogP contribution in [0.1, 0.15) is 5.56 Å². The normalized spacial score (nSPS) is 10.0. The van der Waals surface area contributed by atoms with Gasteiger partial charge in [-0.1, -0.05) is 12.1 Å². The average molecular weight is 232 g/mol. The van der Waals surface area contributed by atoms with Crippen LogP contribution in [0.4, 0.5) is 11.4 Å². The van der Waals surface area contributed by atoms with Gasteiger partial charge in [-0.05, 0) is 34.5 Å². The first kappa shape index (κ1) is 10.7. The Balaban J connectivity index is 2.00. The van der Waals surface area contributed by atoms with Gasteiger partial charge in [0, 0.05) is 0 Å². The Hall–Kier alpha value is -1.81. The van der Waals surface area contributed by atoms with Crippen molar-refractivity contribution in [3.05, 3.63) is 46.7 Å². The molecule has 0 aliphatic carbocycles. The standard InChI is InChI=1S/C12H12N2OS/c13-10-3-1-2-4-11(10)14-12(15)7-9-5-6-16-8-9/h1-6,8H,7,13H2,(H,14,15). The lowest BCUT2D eigenvalue weighted by Crippen LogP contribution is -2.14. The van der Waals surface area contributed by atoms with Gasteiger partial charge in [0.15, 0.2) is 0 Å². The predicted molar refractivity (Wildman–Crippen MR) is 67.5 cm³/mol. The number of hydrogen-bond donors (Lipinski definition) is 2. The minimum atomic E-state index is -0.0451. The summed E-state index contributed by atoms with van der Waals surface area (Å²) in [6.07, 6.45) is 0.387. The van der Waals surface area contributed by atoms with E-state index in [1.165, 1.54) is 0 Å². The van der Waals surface area contributed by atoms with Gasteiger partial charge in [-0.2, -0.15) is 11.3 Å². The van der Waals surface area contributed by atoms with Crippen LogP contribution >= 0.6 is 11.3 Å². The topological polar surface area (TPSA) is 55.1 Å². The predicted octanol–water partition coefficient (Wildman–Crippen LogP) is 2.51. The van der Waals surface area contributed by atoms with Gasteiger partial charge in [-0.15, -0.1) is 0 Å². The number of rotatable bonds is 3. The number of amides is 1. The highest BCUT2D eigenvalue weighted by atomic mass is 32.1. The zero-order chi connectivity index (χ0) is 11.4. The van der Waals surface area contributed by atoms with Crippen LogP contribution in [-0.4, -0.2) is 5.91 Å². The van der Waals surface area contributed by atoms with Gasteiger partial charge >= 0.3 is 0 Å². The molecule has 1 heterocycles. The maximum Gasteiger partial charge on any atom is 0.228 e. The van der Waals surface area contributed by atoms with Gasteiger partial charge in [-0.3, -0.25) is 4.79 Å². The van der Waals surface area contributed by atoms with Crippen molar-refractivity contribution in [1.82, 2.24) is 0 Å². The number of nitrogens with one attached hydrogen (secondary N) is 1. The summed E-state index contributed by atoms with van der Waals surface area (Å²) in [4.78, 5) is 11.7. The number of carbonyl (C=O) groups is 1. The van der Waals surface area contributed by atoms with E-state index < -0.39 is 0 Å². The van der Waals surface area contributed by atoms with Crippen LogP contribution in [0, 0.1) is 0 Å². The Morgan fingerprint density at radius 1 is 1.31 bits per heavy atom. The summed E-state index contributed by atoms with van der Waals surface area (Å²) in [5.41, 5.74) is 8.01. The maximum atomic E-state index is 11.7. The first-order valence-electron chi connectivity index (χ1n) is 4.91. The first-order valence-corrected chi connectivity index (χ1v) is 5.85. The molecule has 0 aliphatic heterocycles. The van der Waals surface area contributed by atoms with E-state index >= 15 is 0 Å². The van der Waals surface area contributed by atoms with E-state index in [0.29, 0.717) is 17.8 Å². The van der Waals surface area contributed by atoms with Crippen molar-refractivity contribution in [2.24, 2.45) is 0 Å². The summed E-state index contributed by atoms with van der Waals surface area (Å²) in [5, 5.41) is 6.71. The molecule has 0 saturated heterocycles. The smallest absolute Gasteiger partial charge is 0.228 e. The van der Waals surface area contributed by atoms with E-state index in [4.69, 9.17) is 5.73 Å². The molecular formula is C12H12N2OS. The van der Waals surface area contributed by atoms with Crippen LogP contribution in [-0.2, 0) is 11.2 Å².